The average Bonchev–Trinajstić information content (AvgIpc) is 2.88. The molecule has 200 valence electrons. The first kappa shape index (κ1) is 32.0. The lowest BCUT2D eigenvalue weighted by molar-refractivity contribution is -0.384. The van der Waals surface area contributed by atoms with Crippen molar-refractivity contribution in [3.05, 3.63) is 70.3 Å². The first-order valence-corrected chi connectivity index (χ1v) is 13.8. The normalized spacial score (nSPS) is 12.7. The third-order valence-corrected chi connectivity index (χ3v) is 7.40. The molecule has 0 saturated heterocycles. The Hall–Kier alpha value is -2.05. The number of halogens is 1. The lowest BCUT2D eigenvalue weighted by Gasteiger charge is -2.22. The second-order valence-corrected chi connectivity index (χ2v) is 10.3. The van der Waals surface area contributed by atoms with E-state index in [-0.39, 0.29) is 24.0 Å². The number of benzene rings is 2. The molecule has 2 aromatic carbocycles. The predicted octanol–water partition coefficient (Wildman–Crippen LogP) is 5.43. The number of hydrogen-bond acceptors (Lipinski definition) is 5. The van der Waals surface area contributed by atoms with Crippen LogP contribution in [0.5, 0.6) is 0 Å². The number of amides is 1. The second kappa shape index (κ2) is 19.1. The second-order valence-electron chi connectivity index (χ2n) is 8.87. The largest absolute Gasteiger partial charge is 0.394 e. The van der Waals surface area contributed by atoms with Crippen molar-refractivity contribution in [2.24, 2.45) is 0 Å². The summed E-state index contributed by atoms with van der Waals surface area (Å²) in [6.07, 6.45) is 11.0. The molecule has 0 aliphatic carbocycles. The van der Waals surface area contributed by atoms with Gasteiger partial charge in [-0.2, -0.15) is 0 Å². The van der Waals surface area contributed by atoms with E-state index >= 15 is 0 Å². The van der Waals surface area contributed by atoms with Crippen LogP contribution in [0.2, 0.25) is 0 Å². The third-order valence-electron chi connectivity index (χ3n) is 6.05. The molecule has 9 heteroatoms. The van der Waals surface area contributed by atoms with Gasteiger partial charge in [0.2, 0.25) is 5.91 Å². The first-order chi connectivity index (χ1) is 17.0. The number of nitrogens with one attached hydrogen (secondary N) is 1. The van der Waals surface area contributed by atoms with Gasteiger partial charge in [0.05, 0.1) is 17.6 Å². The highest BCUT2D eigenvalue weighted by molar-refractivity contribution is 7.47. The Balaban J connectivity index is 0.00000648. The Morgan fingerprint density at radius 1 is 0.889 bits per heavy atom. The summed E-state index contributed by atoms with van der Waals surface area (Å²) in [6, 6.07) is 15.3. The van der Waals surface area contributed by atoms with E-state index in [1.165, 1.54) is 74.3 Å². The summed E-state index contributed by atoms with van der Waals surface area (Å²) >= 11 is 0. The summed E-state index contributed by atoms with van der Waals surface area (Å²) < 4.78 is 0. The third kappa shape index (κ3) is 12.8. The molecule has 3 N–H and O–H groups in total. The van der Waals surface area contributed by atoms with Gasteiger partial charge in [-0.25, -0.2) is 0 Å². The summed E-state index contributed by atoms with van der Waals surface area (Å²) in [6.45, 7) is -0.420. The van der Waals surface area contributed by atoms with E-state index < -0.39 is 23.7 Å². The van der Waals surface area contributed by atoms with Crippen LogP contribution in [0.3, 0.4) is 0 Å². The Bertz CT molecular complexity index is 870. The molecule has 0 radical (unpaired) electrons. The van der Waals surface area contributed by atoms with Gasteiger partial charge in [-0.05, 0) is 42.0 Å². The smallest absolute Gasteiger partial charge is 0.269 e. The number of carbonyl (C=O) groups is 1. The number of unbranched alkanes of at least 4 members (excludes halogenated alkanes) is 8. The quantitative estimate of drug-likeness (QED) is 0.101. The highest BCUT2D eigenvalue weighted by Crippen LogP contribution is 2.21. The van der Waals surface area contributed by atoms with E-state index in [0.717, 1.165) is 27.8 Å². The predicted molar refractivity (Wildman–Crippen MR) is 150 cm³/mol. The van der Waals surface area contributed by atoms with Crippen LogP contribution in [0.25, 0.3) is 0 Å². The van der Waals surface area contributed by atoms with Crippen LogP contribution >= 0.6 is 21.0 Å². The van der Waals surface area contributed by atoms with E-state index in [2.05, 4.69) is 35.6 Å². The summed E-state index contributed by atoms with van der Waals surface area (Å²) in [5, 5.41) is 34.9. The zero-order chi connectivity index (χ0) is 25.3. The van der Waals surface area contributed by atoms with Crippen LogP contribution in [0.15, 0.2) is 54.6 Å². The van der Waals surface area contributed by atoms with E-state index in [4.69, 9.17) is 0 Å². The zero-order valence-electron chi connectivity index (χ0n) is 20.8. The number of nitrogens with zero attached hydrogens (tertiary/aromatic N) is 1. The average molecular weight is 539 g/mol. The molecule has 0 saturated carbocycles. The van der Waals surface area contributed by atoms with Crippen LogP contribution in [0, 0.1) is 10.1 Å². The minimum absolute atomic E-state index is 0. The van der Waals surface area contributed by atoms with Crippen LogP contribution in [0.4, 0.5) is 5.69 Å². The molecule has 2 rings (SSSR count). The fourth-order valence-electron chi connectivity index (χ4n) is 3.97. The molecule has 3 atom stereocenters. The molecule has 1 unspecified atom stereocenters. The molecule has 7 nitrogen and oxygen atoms in total. The summed E-state index contributed by atoms with van der Waals surface area (Å²) in [4.78, 5) is 22.5. The molecule has 0 bridgehead atoms. The molecule has 0 heterocycles. The molecule has 1 amide bonds. The molecular formula is C27H40ClN2O5P. The molecule has 2 aromatic rings. The van der Waals surface area contributed by atoms with Crippen molar-refractivity contribution in [3.63, 3.8) is 0 Å². The maximum Gasteiger partial charge on any atom is 0.269 e. The fraction of sp³-hybridized carbons (Fsp3) is 0.519. The molecule has 0 fully saturated rings. The fourth-order valence-corrected chi connectivity index (χ4v) is 5.11. The topological polar surface area (TPSA) is 113 Å². The number of hydrogen-bond donors (Lipinski definition) is 3. The Morgan fingerprint density at radius 3 is 2.00 bits per heavy atom. The molecule has 0 aromatic heterocycles. The maximum absolute atomic E-state index is 12.2. The standard InChI is InChI=1S/C27H39N2O5P.ClH/c30-21-25(27(32)22-16-18-23(19-17-22)29(33)34)28-26(31)15-11-6-4-2-1-3-5-7-12-20-35-24-13-9-8-10-14-24;/h8-10,13-14,16-19,25,27,30,32,35H,1-7,11-12,15,20-21H2,(H,28,31);1H/t25-,27-;/m1./s1. The van der Waals surface area contributed by atoms with Crippen molar-refractivity contribution < 1.29 is 19.9 Å². The van der Waals surface area contributed by atoms with E-state index in [1.807, 2.05) is 0 Å². The maximum atomic E-state index is 12.2. The number of non-ortho nitro benzene ring substituents is 1. The Kier molecular flexibility index (Phi) is 17.0. The highest BCUT2D eigenvalue weighted by atomic mass is 35.5. The number of aliphatic hydroxyl groups is 2. The van der Waals surface area contributed by atoms with Crippen molar-refractivity contribution in [2.45, 2.75) is 76.4 Å². The lowest BCUT2D eigenvalue weighted by Crippen LogP contribution is -2.41. The highest BCUT2D eigenvalue weighted by Gasteiger charge is 2.22. The van der Waals surface area contributed by atoms with E-state index in [0.29, 0.717) is 12.0 Å². The van der Waals surface area contributed by atoms with Gasteiger partial charge in [-0.1, -0.05) is 83.9 Å². The SMILES string of the molecule is Cl.O=C(CCCCCCCCCCCPc1ccccc1)N[C@H](CO)[C@H](O)c1ccc([N+](=O)[O-])cc1. The van der Waals surface area contributed by atoms with Crippen molar-refractivity contribution in [1.82, 2.24) is 5.32 Å². The van der Waals surface area contributed by atoms with Gasteiger partial charge in [0.25, 0.3) is 5.69 Å². The molecular weight excluding hydrogens is 499 g/mol. The van der Waals surface area contributed by atoms with Gasteiger partial charge < -0.3 is 15.5 Å². The molecule has 36 heavy (non-hydrogen) atoms. The van der Waals surface area contributed by atoms with Crippen molar-refractivity contribution in [1.29, 1.82) is 0 Å². The summed E-state index contributed by atoms with van der Waals surface area (Å²) in [5.74, 6) is -0.207. The molecule has 0 aliphatic heterocycles. The Labute approximate surface area is 222 Å². The van der Waals surface area contributed by atoms with Gasteiger partial charge >= 0.3 is 0 Å². The number of carbonyl (C=O) groups excluding carboxylic acids is 1. The van der Waals surface area contributed by atoms with Gasteiger partial charge in [-0.15, -0.1) is 12.4 Å². The van der Waals surface area contributed by atoms with Crippen molar-refractivity contribution >= 4 is 37.9 Å². The van der Waals surface area contributed by atoms with Crippen LogP contribution in [-0.2, 0) is 4.79 Å². The molecule has 0 spiro atoms. The summed E-state index contributed by atoms with van der Waals surface area (Å²) in [7, 11) is 0.919. The number of nitro benzene ring substituents is 1. The number of rotatable bonds is 18. The molecule has 0 aliphatic rings. The van der Waals surface area contributed by atoms with Gasteiger partial charge in [0, 0.05) is 18.6 Å². The van der Waals surface area contributed by atoms with Crippen molar-refractivity contribution in [3.8, 4) is 0 Å². The van der Waals surface area contributed by atoms with Crippen molar-refractivity contribution in [2.75, 3.05) is 12.8 Å². The van der Waals surface area contributed by atoms with E-state index in [1.54, 1.807) is 0 Å². The zero-order valence-corrected chi connectivity index (χ0v) is 22.6. The van der Waals surface area contributed by atoms with E-state index in [9.17, 15) is 25.1 Å². The van der Waals surface area contributed by atoms with Crippen LogP contribution < -0.4 is 10.6 Å². The van der Waals surface area contributed by atoms with Gasteiger partial charge in [0.15, 0.2) is 0 Å². The minimum Gasteiger partial charge on any atom is -0.394 e. The first-order valence-electron chi connectivity index (χ1n) is 12.6. The number of aliphatic hydroxyl groups excluding tert-OH is 2. The van der Waals surface area contributed by atoms with Gasteiger partial charge in [-0.3, -0.25) is 14.9 Å². The monoisotopic (exact) mass is 538 g/mol. The van der Waals surface area contributed by atoms with Gasteiger partial charge in [0.1, 0.15) is 6.10 Å². The lowest BCUT2D eigenvalue weighted by atomic mass is 10.0. The number of nitro groups is 1. The Morgan fingerprint density at radius 2 is 1.44 bits per heavy atom. The van der Waals surface area contributed by atoms with Crippen LogP contribution in [0.1, 0.15) is 75.9 Å². The summed E-state index contributed by atoms with van der Waals surface area (Å²) in [5.41, 5.74) is 0.330. The van der Waals surface area contributed by atoms with Crippen LogP contribution in [-0.4, -0.2) is 39.9 Å². The minimum atomic E-state index is -1.14.